The lowest BCUT2D eigenvalue weighted by atomic mass is 10.1. The van der Waals surface area contributed by atoms with E-state index in [1.54, 1.807) is 4.90 Å². The molecule has 0 aromatic heterocycles. The molecule has 114 valence electrons. The molecule has 1 heterocycles. The molecular weight excluding hydrogens is 268 g/mol. The van der Waals surface area contributed by atoms with Gasteiger partial charge < -0.3 is 15.0 Å². The maximum Gasteiger partial charge on any atom is 0.265 e. The zero-order valence-corrected chi connectivity index (χ0v) is 12.6. The Balaban J connectivity index is 1.95. The third-order valence-corrected chi connectivity index (χ3v) is 3.42. The summed E-state index contributed by atoms with van der Waals surface area (Å²) in [5.74, 6) is 0.722. The number of hydrogen-bond acceptors (Lipinski definition) is 3. The lowest BCUT2D eigenvalue weighted by Crippen LogP contribution is -2.39. The minimum Gasteiger partial charge on any atom is -0.482 e. The minimum absolute atomic E-state index is 0.0435. The number of benzene rings is 1. The number of carbonyl (C=O) groups is 2. The molecule has 21 heavy (non-hydrogen) atoms. The molecule has 5 nitrogen and oxygen atoms in total. The molecule has 1 aliphatic heterocycles. The van der Waals surface area contributed by atoms with Crippen LogP contribution in [-0.4, -0.2) is 31.5 Å². The van der Waals surface area contributed by atoms with Gasteiger partial charge in [0.15, 0.2) is 6.61 Å². The highest BCUT2D eigenvalue weighted by Gasteiger charge is 2.25. The number of nitrogens with one attached hydrogen (secondary N) is 1. The van der Waals surface area contributed by atoms with Gasteiger partial charge in [-0.1, -0.05) is 13.0 Å². The van der Waals surface area contributed by atoms with Crippen LogP contribution >= 0.6 is 0 Å². The Bertz CT molecular complexity index is 528. The van der Waals surface area contributed by atoms with E-state index in [2.05, 4.69) is 5.32 Å². The number of hydrogen-bond donors (Lipinski definition) is 1. The first-order valence-corrected chi connectivity index (χ1v) is 7.42. The van der Waals surface area contributed by atoms with E-state index in [0.717, 1.165) is 23.4 Å². The second kappa shape index (κ2) is 7.11. The quantitative estimate of drug-likeness (QED) is 0.872. The van der Waals surface area contributed by atoms with Crippen molar-refractivity contribution in [2.24, 2.45) is 0 Å². The summed E-state index contributed by atoms with van der Waals surface area (Å²) in [5, 5.41) is 2.84. The molecule has 1 aromatic carbocycles. The molecule has 2 amide bonds. The van der Waals surface area contributed by atoms with E-state index in [1.165, 1.54) is 0 Å². The molecule has 0 saturated heterocycles. The van der Waals surface area contributed by atoms with Crippen LogP contribution < -0.4 is 15.0 Å². The summed E-state index contributed by atoms with van der Waals surface area (Å²) in [4.78, 5) is 25.3. The second-order valence-corrected chi connectivity index (χ2v) is 5.26. The van der Waals surface area contributed by atoms with Crippen molar-refractivity contribution in [3.8, 4) is 5.75 Å². The van der Waals surface area contributed by atoms with Crippen LogP contribution in [-0.2, 0) is 9.59 Å². The monoisotopic (exact) mass is 290 g/mol. The molecule has 0 saturated carbocycles. The van der Waals surface area contributed by atoms with Crippen molar-refractivity contribution in [2.45, 2.75) is 33.1 Å². The number of ether oxygens (including phenoxy) is 1. The summed E-state index contributed by atoms with van der Waals surface area (Å²) in [6.07, 6.45) is 2.01. The Morgan fingerprint density at radius 1 is 1.43 bits per heavy atom. The summed E-state index contributed by atoms with van der Waals surface area (Å²) in [6, 6.07) is 5.80. The second-order valence-electron chi connectivity index (χ2n) is 5.26. The zero-order chi connectivity index (χ0) is 15.2. The standard InChI is InChI=1S/C16H22N2O3/c1-3-8-17-15(19)5-4-9-18-13-10-12(2)6-7-14(13)21-11-16(18)20/h6-7,10H,3-5,8-9,11H2,1-2H3,(H,17,19). The molecule has 1 aromatic rings. The topological polar surface area (TPSA) is 58.6 Å². The first-order chi connectivity index (χ1) is 10.1. The van der Waals surface area contributed by atoms with Crippen molar-refractivity contribution in [1.82, 2.24) is 5.32 Å². The predicted octanol–water partition coefficient (Wildman–Crippen LogP) is 2.03. The molecule has 1 N–H and O–H groups in total. The van der Waals surface area contributed by atoms with Crippen LogP contribution in [0.3, 0.4) is 0 Å². The number of fused-ring (bicyclic) bond motifs is 1. The molecule has 0 aliphatic carbocycles. The summed E-state index contributed by atoms with van der Waals surface area (Å²) in [6.45, 7) is 5.31. The van der Waals surface area contributed by atoms with Gasteiger partial charge in [-0.2, -0.15) is 0 Å². The highest BCUT2D eigenvalue weighted by molar-refractivity contribution is 5.97. The fraction of sp³-hybridized carbons (Fsp3) is 0.500. The third-order valence-electron chi connectivity index (χ3n) is 3.42. The van der Waals surface area contributed by atoms with Crippen LogP contribution in [0.1, 0.15) is 31.7 Å². The van der Waals surface area contributed by atoms with Gasteiger partial charge in [-0.3, -0.25) is 9.59 Å². The number of carbonyl (C=O) groups excluding carboxylic acids is 2. The first kappa shape index (κ1) is 15.4. The van der Waals surface area contributed by atoms with Crippen molar-refractivity contribution < 1.29 is 14.3 Å². The van der Waals surface area contributed by atoms with Gasteiger partial charge in [0.1, 0.15) is 5.75 Å². The average Bonchev–Trinajstić information content (AvgIpc) is 2.47. The first-order valence-electron chi connectivity index (χ1n) is 7.42. The summed E-state index contributed by atoms with van der Waals surface area (Å²) < 4.78 is 5.43. The average molecular weight is 290 g/mol. The van der Waals surface area contributed by atoms with Gasteiger partial charge in [0, 0.05) is 19.5 Å². The Hall–Kier alpha value is -2.04. The van der Waals surface area contributed by atoms with E-state index < -0.39 is 0 Å². The van der Waals surface area contributed by atoms with Crippen molar-refractivity contribution in [2.75, 3.05) is 24.6 Å². The Kier molecular flexibility index (Phi) is 5.20. The molecule has 2 rings (SSSR count). The fourth-order valence-corrected chi connectivity index (χ4v) is 2.31. The van der Waals surface area contributed by atoms with E-state index in [0.29, 0.717) is 25.9 Å². The minimum atomic E-state index is -0.0536. The molecule has 0 unspecified atom stereocenters. The van der Waals surface area contributed by atoms with Gasteiger partial charge in [-0.05, 0) is 37.5 Å². The number of aryl methyl sites for hydroxylation is 1. The van der Waals surface area contributed by atoms with Crippen LogP contribution in [0.4, 0.5) is 5.69 Å². The third kappa shape index (κ3) is 3.97. The molecule has 0 fully saturated rings. The van der Waals surface area contributed by atoms with Crippen molar-refractivity contribution in [3.05, 3.63) is 23.8 Å². The summed E-state index contributed by atoms with van der Waals surface area (Å²) in [7, 11) is 0. The van der Waals surface area contributed by atoms with E-state index >= 15 is 0 Å². The number of rotatable bonds is 6. The van der Waals surface area contributed by atoms with E-state index in [1.807, 2.05) is 32.0 Å². The van der Waals surface area contributed by atoms with Gasteiger partial charge in [0.25, 0.3) is 5.91 Å². The molecular formula is C16H22N2O3. The molecule has 5 heteroatoms. The largest absolute Gasteiger partial charge is 0.482 e. The number of anilines is 1. The van der Waals surface area contributed by atoms with Crippen LogP contribution in [0.2, 0.25) is 0 Å². The Morgan fingerprint density at radius 3 is 3.00 bits per heavy atom. The fourth-order valence-electron chi connectivity index (χ4n) is 2.31. The lowest BCUT2D eigenvalue weighted by Gasteiger charge is -2.29. The molecule has 1 aliphatic rings. The molecule has 0 radical (unpaired) electrons. The molecule has 0 spiro atoms. The van der Waals surface area contributed by atoms with Crippen molar-refractivity contribution >= 4 is 17.5 Å². The SMILES string of the molecule is CCCNC(=O)CCCN1C(=O)COc2ccc(C)cc21. The summed E-state index contributed by atoms with van der Waals surface area (Å²) in [5.41, 5.74) is 1.89. The van der Waals surface area contributed by atoms with Crippen LogP contribution in [0.5, 0.6) is 5.75 Å². The van der Waals surface area contributed by atoms with Gasteiger partial charge in [-0.25, -0.2) is 0 Å². The molecule has 0 bridgehead atoms. The number of amides is 2. The Morgan fingerprint density at radius 2 is 2.24 bits per heavy atom. The normalized spacial score (nSPS) is 13.6. The maximum atomic E-state index is 12.0. The van der Waals surface area contributed by atoms with Gasteiger partial charge in [0.2, 0.25) is 5.91 Å². The predicted molar refractivity (Wildman–Crippen MR) is 81.6 cm³/mol. The summed E-state index contributed by atoms with van der Waals surface area (Å²) >= 11 is 0. The van der Waals surface area contributed by atoms with Crippen molar-refractivity contribution in [3.63, 3.8) is 0 Å². The van der Waals surface area contributed by atoms with Gasteiger partial charge in [0.05, 0.1) is 5.69 Å². The van der Waals surface area contributed by atoms with E-state index in [4.69, 9.17) is 4.74 Å². The van der Waals surface area contributed by atoms with Crippen LogP contribution in [0.15, 0.2) is 18.2 Å². The highest BCUT2D eigenvalue weighted by atomic mass is 16.5. The molecule has 0 atom stereocenters. The zero-order valence-electron chi connectivity index (χ0n) is 12.6. The van der Waals surface area contributed by atoms with E-state index in [9.17, 15) is 9.59 Å². The van der Waals surface area contributed by atoms with Gasteiger partial charge >= 0.3 is 0 Å². The van der Waals surface area contributed by atoms with Crippen molar-refractivity contribution in [1.29, 1.82) is 0 Å². The highest BCUT2D eigenvalue weighted by Crippen LogP contribution is 2.32. The maximum absolute atomic E-state index is 12.0. The Labute approximate surface area is 125 Å². The van der Waals surface area contributed by atoms with Gasteiger partial charge in [-0.15, -0.1) is 0 Å². The smallest absolute Gasteiger partial charge is 0.265 e. The van der Waals surface area contributed by atoms with E-state index in [-0.39, 0.29) is 18.4 Å². The van der Waals surface area contributed by atoms with Crippen LogP contribution in [0.25, 0.3) is 0 Å². The van der Waals surface area contributed by atoms with Crippen LogP contribution in [0, 0.1) is 6.92 Å². The number of nitrogens with zero attached hydrogens (tertiary/aromatic N) is 1. The lowest BCUT2D eigenvalue weighted by molar-refractivity contribution is -0.122.